The van der Waals surface area contributed by atoms with Gasteiger partial charge in [0.05, 0.1) is 0 Å². The minimum atomic E-state index is -0.206. The van der Waals surface area contributed by atoms with Crippen molar-refractivity contribution < 1.29 is 4.39 Å². The summed E-state index contributed by atoms with van der Waals surface area (Å²) >= 11 is 2.02. The van der Waals surface area contributed by atoms with Gasteiger partial charge in [-0.15, -0.1) is 24.0 Å². The highest BCUT2D eigenvalue weighted by atomic mass is 127. The van der Waals surface area contributed by atoms with E-state index in [-0.39, 0.29) is 29.8 Å². The zero-order valence-corrected chi connectivity index (χ0v) is 15.6. The molecule has 3 nitrogen and oxygen atoms in total. The van der Waals surface area contributed by atoms with E-state index in [2.05, 4.69) is 22.5 Å². The summed E-state index contributed by atoms with van der Waals surface area (Å²) in [4.78, 5) is 4.21. The third kappa shape index (κ3) is 6.02. The van der Waals surface area contributed by atoms with Crippen molar-refractivity contribution >= 4 is 41.7 Å². The second kappa shape index (κ2) is 8.82. The number of nitrogens with one attached hydrogen (secondary N) is 2. The molecule has 1 aliphatic rings. The summed E-state index contributed by atoms with van der Waals surface area (Å²) in [5, 5.41) is 6.58. The van der Waals surface area contributed by atoms with E-state index in [1.54, 1.807) is 13.1 Å². The number of nitrogens with zero attached hydrogens (tertiary/aromatic N) is 1. The highest BCUT2D eigenvalue weighted by Crippen LogP contribution is 2.36. The minimum absolute atomic E-state index is 0. The average molecular weight is 423 g/mol. The largest absolute Gasteiger partial charge is 0.355 e. The Hall–Kier alpha value is -0.500. The van der Waals surface area contributed by atoms with Crippen LogP contribution >= 0.6 is 35.7 Å². The minimum Gasteiger partial charge on any atom is -0.355 e. The van der Waals surface area contributed by atoms with Crippen LogP contribution in [-0.4, -0.2) is 30.1 Å². The van der Waals surface area contributed by atoms with Gasteiger partial charge in [-0.2, -0.15) is 11.8 Å². The molecule has 0 aromatic heterocycles. The monoisotopic (exact) mass is 423 g/mol. The van der Waals surface area contributed by atoms with Crippen molar-refractivity contribution in [2.75, 3.05) is 19.3 Å². The van der Waals surface area contributed by atoms with Crippen LogP contribution in [0, 0.1) is 5.82 Å². The summed E-state index contributed by atoms with van der Waals surface area (Å²) < 4.78 is 13.4. The van der Waals surface area contributed by atoms with Crippen molar-refractivity contribution in [3.05, 3.63) is 35.6 Å². The summed E-state index contributed by atoms with van der Waals surface area (Å²) in [7, 11) is 1.75. The van der Waals surface area contributed by atoms with E-state index in [4.69, 9.17) is 0 Å². The Morgan fingerprint density at radius 2 is 2.24 bits per heavy atom. The molecule has 6 heteroatoms. The second-order valence-electron chi connectivity index (χ2n) is 5.31. The molecule has 2 rings (SSSR count). The van der Waals surface area contributed by atoms with Crippen LogP contribution in [-0.2, 0) is 6.54 Å². The third-order valence-electron chi connectivity index (χ3n) is 3.50. The molecule has 1 aromatic carbocycles. The number of halogens is 2. The molecule has 1 aromatic rings. The number of hydrogen-bond acceptors (Lipinski definition) is 2. The Morgan fingerprint density at radius 1 is 1.43 bits per heavy atom. The van der Waals surface area contributed by atoms with E-state index < -0.39 is 0 Å². The Labute approximate surface area is 147 Å². The number of guanidine groups is 1. The van der Waals surface area contributed by atoms with Crippen LogP contribution in [0.4, 0.5) is 4.39 Å². The quantitative estimate of drug-likeness (QED) is 0.443. The van der Waals surface area contributed by atoms with Gasteiger partial charge in [-0.1, -0.05) is 12.1 Å². The van der Waals surface area contributed by atoms with E-state index in [0.717, 1.165) is 18.1 Å². The van der Waals surface area contributed by atoms with Crippen LogP contribution in [0.15, 0.2) is 29.3 Å². The molecule has 0 spiro atoms. The topological polar surface area (TPSA) is 36.4 Å². The van der Waals surface area contributed by atoms with Gasteiger partial charge in [0.1, 0.15) is 5.82 Å². The van der Waals surface area contributed by atoms with Crippen molar-refractivity contribution in [2.24, 2.45) is 4.99 Å². The smallest absolute Gasteiger partial charge is 0.191 e. The highest BCUT2D eigenvalue weighted by molar-refractivity contribution is 14.0. The fourth-order valence-corrected chi connectivity index (χ4v) is 3.54. The van der Waals surface area contributed by atoms with Crippen molar-refractivity contribution in [1.82, 2.24) is 10.6 Å². The Bertz CT molecular complexity index is 476. The molecule has 1 atom stereocenters. The lowest BCUT2D eigenvalue weighted by molar-refractivity contribution is 0.584. The normalized spacial score (nSPS) is 21.8. The highest BCUT2D eigenvalue weighted by Gasteiger charge is 2.29. The van der Waals surface area contributed by atoms with Crippen LogP contribution < -0.4 is 10.6 Å². The van der Waals surface area contributed by atoms with Gasteiger partial charge in [-0.05, 0) is 43.2 Å². The maximum Gasteiger partial charge on any atom is 0.191 e. The maximum absolute atomic E-state index is 13.1. The predicted octanol–water partition coefficient (Wildman–Crippen LogP) is 3.39. The van der Waals surface area contributed by atoms with Crippen molar-refractivity contribution in [2.45, 2.75) is 31.1 Å². The Morgan fingerprint density at radius 3 is 2.86 bits per heavy atom. The SMILES string of the molecule is CN=C(NCc1cccc(F)c1)NCC1(C)CCCS1.I. The lowest BCUT2D eigenvalue weighted by atomic mass is 10.1. The fraction of sp³-hybridized carbons (Fsp3) is 0.533. The van der Waals surface area contributed by atoms with Gasteiger partial charge in [-0.25, -0.2) is 4.39 Å². The van der Waals surface area contributed by atoms with Crippen molar-refractivity contribution in [1.29, 1.82) is 0 Å². The van der Waals surface area contributed by atoms with Gasteiger partial charge >= 0.3 is 0 Å². The molecule has 0 bridgehead atoms. The summed E-state index contributed by atoms with van der Waals surface area (Å²) in [6.45, 7) is 3.76. The average Bonchev–Trinajstić information content (AvgIpc) is 2.86. The first-order valence-electron chi connectivity index (χ1n) is 6.94. The molecular formula is C15H23FIN3S. The van der Waals surface area contributed by atoms with E-state index >= 15 is 0 Å². The summed E-state index contributed by atoms with van der Waals surface area (Å²) in [6.07, 6.45) is 2.53. The zero-order chi connectivity index (χ0) is 14.4. The van der Waals surface area contributed by atoms with Crippen LogP contribution in [0.2, 0.25) is 0 Å². The molecule has 0 amide bonds. The number of hydrogen-bond donors (Lipinski definition) is 2. The Balaban J connectivity index is 0.00000220. The molecule has 0 aliphatic carbocycles. The molecule has 1 saturated heterocycles. The van der Waals surface area contributed by atoms with Crippen molar-refractivity contribution in [3.63, 3.8) is 0 Å². The molecule has 1 heterocycles. The van der Waals surface area contributed by atoms with Gasteiger partial charge in [0.2, 0.25) is 0 Å². The van der Waals surface area contributed by atoms with E-state index in [1.165, 1.54) is 30.7 Å². The molecular weight excluding hydrogens is 400 g/mol. The first-order chi connectivity index (χ1) is 9.61. The molecule has 1 fully saturated rings. The van der Waals surface area contributed by atoms with E-state index in [0.29, 0.717) is 11.3 Å². The van der Waals surface area contributed by atoms with Crippen LogP contribution in [0.25, 0.3) is 0 Å². The summed E-state index contributed by atoms with van der Waals surface area (Å²) in [6, 6.07) is 6.61. The number of rotatable bonds is 4. The lowest BCUT2D eigenvalue weighted by Gasteiger charge is -2.24. The van der Waals surface area contributed by atoms with Gasteiger partial charge in [0, 0.05) is 24.9 Å². The lowest BCUT2D eigenvalue weighted by Crippen LogP contribution is -2.43. The van der Waals surface area contributed by atoms with Crippen LogP contribution in [0.1, 0.15) is 25.3 Å². The van der Waals surface area contributed by atoms with E-state index in [1.807, 2.05) is 17.8 Å². The van der Waals surface area contributed by atoms with Gasteiger partial charge in [0.15, 0.2) is 5.96 Å². The molecule has 0 saturated carbocycles. The molecule has 1 aliphatic heterocycles. The molecule has 2 N–H and O–H groups in total. The van der Waals surface area contributed by atoms with Crippen molar-refractivity contribution in [3.8, 4) is 0 Å². The second-order valence-corrected chi connectivity index (χ2v) is 6.99. The molecule has 21 heavy (non-hydrogen) atoms. The molecule has 118 valence electrons. The third-order valence-corrected chi connectivity index (χ3v) is 5.04. The molecule has 0 radical (unpaired) electrons. The number of aliphatic imine (C=N–C) groups is 1. The predicted molar refractivity (Wildman–Crippen MR) is 100 cm³/mol. The Kier molecular flexibility index (Phi) is 7.79. The zero-order valence-electron chi connectivity index (χ0n) is 12.5. The summed E-state index contributed by atoms with van der Waals surface area (Å²) in [5.74, 6) is 1.80. The standard InChI is InChI=1S/C15H22FN3S.HI/c1-15(7-4-8-20-15)11-19-14(17-2)18-10-12-5-3-6-13(16)9-12;/h3,5-6,9H,4,7-8,10-11H2,1-2H3,(H2,17,18,19);1H. The number of benzene rings is 1. The van der Waals surface area contributed by atoms with Gasteiger partial charge in [-0.3, -0.25) is 4.99 Å². The summed E-state index contributed by atoms with van der Waals surface area (Å²) in [5.41, 5.74) is 0.911. The van der Waals surface area contributed by atoms with Gasteiger partial charge in [0.25, 0.3) is 0 Å². The number of thioether (sulfide) groups is 1. The maximum atomic E-state index is 13.1. The fourth-order valence-electron chi connectivity index (χ4n) is 2.30. The first-order valence-corrected chi connectivity index (χ1v) is 7.93. The molecule has 1 unspecified atom stereocenters. The first kappa shape index (κ1) is 18.5. The van der Waals surface area contributed by atoms with Crippen LogP contribution in [0.3, 0.4) is 0 Å². The van der Waals surface area contributed by atoms with E-state index in [9.17, 15) is 4.39 Å². The van der Waals surface area contributed by atoms with Crippen LogP contribution in [0.5, 0.6) is 0 Å². The van der Waals surface area contributed by atoms with Gasteiger partial charge < -0.3 is 10.6 Å².